The average Bonchev–Trinajstić information content (AvgIpc) is 3.09. The van der Waals surface area contributed by atoms with Gasteiger partial charge in [-0.1, -0.05) is 43.4 Å². The highest BCUT2D eigenvalue weighted by Gasteiger charge is 2.54. The van der Waals surface area contributed by atoms with E-state index in [1.165, 1.54) is 17.2 Å². The highest BCUT2D eigenvalue weighted by atomic mass is 19.1. The fourth-order valence-corrected chi connectivity index (χ4v) is 7.33. The van der Waals surface area contributed by atoms with E-state index >= 15 is 0 Å². The number of fused-ring (bicyclic) bond motifs is 2. The van der Waals surface area contributed by atoms with Crippen LogP contribution in [0.15, 0.2) is 54.1 Å². The zero-order chi connectivity index (χ0) is 24.7. The van der Waals surface area contributed by atoms with E-state index in [0.717, 1.165) is 37.7 Å². The Kier molecular flexibility index (Phi) is 6.69. The first-order valence-corrected chi connectivity index (χ1v) is 13.1. The second-order valence-corrected chi connectivity index (χ2v) is 11.1. The van der Waals surface area contributed by atoms with E-state index in [2.05, 4.69) is 36.5 Å². The van der Waals surface area contributed by atoms with E-state index in [9.17, 15) is 14.0 Å². The Bertz CT molecular complexity index is 1100. The van der Waals surface area contributed by atoms with Gasteiger partial charge in [-0.15, -0.1) is 0 Å². The van der Waals surface area contributed by atoms with Crippen molar-refractivity contribution in [3.05, 3.63) is 65.5 Å². The van der Waals surface area contributed by atoms with Gasteiger partial charge in [0.2, 0.25) is 5.91 Å². The quantitative estimate of drug-likeness (QED) is 0.531. The first kappa shape index (κ1) is 24.0. The number of carbonyl (C=O) groups excluding carboxylic acids is 2. The molecule has 3 fully saturated rings. The summed E-state index contributed by atoms with van der Waals surface area (Å²) in [4.78, 5) is 24.3. The zero-order valence-corrected chi connectivity index (χ0v) is 20.9. The molecule has 0 aromatic heterocycles. The predicted molar refractivity (Wildman–Crippen MR) is 137 cm³/mol. The molecule has 0 radical (unpaired) electrons. The van der Waals surface area contributed by atoms with Gasteiger partial charge in [-0.25, -0.2) is 4.39 Å². The molecule has 4 nitrogen and oxygen atoms in total. The van der Waals surface area contributed by atoms with Crippen LogP contribution < -0.4 is 5.32 Å². The lowest BCUT2D eigenvalue weighted by Gasteiger charge is -2.47. The van der Waals surface area contributed by atoms with Gasteiger partial charge < -0.3 is 10.1 Å². The minimum Gasteiger partial charge on any atom is -0.462 e. The molecular weight excluding hydrogens is 441 g/mol. The number of benzene rings is 1. The van der Waals surface area contributed by atoms with Crippen molar-refractivity contribution in [2.24, 2.45) is 35.5 Å². The summed E-state index contributed by atoms with van der Waals surface area (Å²) in [7, 11) is 0. The van der Waals surface area contributed by atoms with Crippen LogP contribution in [0.25, 0.3) is 5.57 Å². The normalized spacial score (nSPS) is 36.6. The van der Waals surface area contributed by atoms with Crippen LogP contribution in [-0.2, 0) is 14.3 Å². The Morgan fingerprint density at radius 1 is 1.20 bits per heavy atom. The predicted octanol–water partition coefficient (Wildman–Crippen LogP) is 6.10. The Balaban J connectivity index is 0.00000304. The van der Waals surface area contributed by atoms with Crippen molar-refractivity contribution in [2.75, 3.05) is 0 Å². The lowest BCUT2D eigenvalue weighted by atomic mass is 9.56. The van der Waals surface area contributed by atoms with Gasteiger partial charge >= 0.3 is 5.97 Å². The largest absolute Gasteiger partial charge is 0.462 e. The summed E-state index contributed by atoms with van der Waals surface area (Å²) >= 11 is 0. The number of halogens is 1. The van der Waals surface area contributed by atoms with Gasteiger partial charge in [0.1, 0.15) is 11.9 Å². The van der Waals surface area contributed by atoms with Crippen molar-refractivity contribution in [1.29, 1.82) is 0 Å². The van der Waals surface area contributed by atoms with Crippen LogP contribution in [0.1, 0.15) is 59.9 Å². The Morgan fingerprint density at radius 3 is 2.77 bits per heavy atom. The summed E-state index contributed by atoms with van der Waals surface area (Å²) in [5.41, 5.74) is 3.38. The Labute approximate surface area is 209 Å². The van der Waals surface area contributed by atoms with Gasteiger partial charge in [-0.05, 0) is 91.5 Å². The van der Waals surface area contributed by atoms with E-state index in [1.807, 2.05) is 13.0 Å². The first-order chi connectivity index (χ1) is 16.8. The highest BCUT2D eigenvalue weighted by Crippen LogP contribution is 2.53. The molecule has 35 heavy (non-hydrogen) atoms. The molecule has 188 valence electrons. The third kappa shape index (κ3) is 4.87. The second-order valence-electron chi connectivity index (χ2n) is 11.1. The highest BCUT2D eigenvalue weighted by molar-refractivity contribution is 5.76. The average molecular weight is 480 g/mol. The second kappa shape index (κ2) is 9.75. The molecule has 5 rings (SSSR count). The van der Waals surface area contributed by atoms with E-state index < -0.39 is 0 Å². The Hall–Kier alpha value is -2.69. The van der Waals surface area contributed by atoms with Crippen molar-refractivity contribution >= 4 is 17.4 Å². The number of amides is 1. The molecule has 5 heteroatoms. The number of hydrogen-bond donors (Lipinski definition) is 1. The topological polar surface area (TPSA) is 55.4 Å². The van der Waals surface area contributed by atoms with E-state index in [-0.39, 0.29) is 43.1 Å². The molecule has 2 saturated carbocycles. The molecule has 1 aliphatic heterocycles. The molecule has 1 unspecified atom stereocenters. The number of allylic oxidation sites excluding steroid dienone is 6. The van der Waals surface area contributed by atoms with Crippen molar-refractivity contribution in [3.8, 4) is 0 Å². The summed E-state index contributed by atoms with van der Waals surface area (Å²) in [5, 5.41) is 3.11. The summed E-state index contributed by atoms with van der Waals surface area (Å²) in [6, 6.07) is 7.03. The van der Waals surface area contributed by atoms with Crippen molar-refractivity contribution in [2.45, 2.75) is 65.0 Å². The maximum Gasteiger partial charge on any atom is 0.309 e. The zero-order valence-electron chi connectivity index (χ0n) is 20.9. The van der Waals surface area contributed by atoms with Gasteiger partial charge in [0.05, 0.1) is 5.92 Å². The SMILES string of the molecule is CC(=O)N[C@H]1CC[C@@H]2[C@H](C1)C[C@@H]1C(=O)O[C@H](C)[C@@H]1[C@@H]2/C=C/C1=CC=C(c2cccc(F)c2)C(C)C1.[HH]. The summed E-state index contributed by atoms with van der Waals surface area (Å²) in [5.74, 6) is 1.48. The maximum absolute atomic E-state index is 13.7. The molecule has 0 bridgehead atoms. The molecule has 1 heterocycles. The smallest absolute Gasteiger partial charge is 0.309 e. The van der Waals surface area contributed by atoms with E-state index in [4.69, 9.17) is 4.74 Å². The van der Waals surface area contributed by atoms with Gasteiger partial charge in [-0.3, -0.25) is 9.59 Å². The van der Waals surface area contributed by atoms with Crippen LogP contribution in [0.3, 0.4) is 0 Å². The Morgan fingerprint density at radius 2 is 2.03 bits per heavy atom. The van der Waals surface area contributed by atoms with Crippen LogP contribution in [0.5, 0.6) is 0 Å². The van der Waals surface area contributed by atoms with E-state index in [1.54, 1.807) is 19.1 Å². The van der Waals surface area contributed by atoms with Crippen molar-refractivity contribution < 1.29 is 20.1 Å². The van der Waals surface area contributed by atoms with Gasteiger partial charge in [0, 0.05) is 20.3 Å². The molecule has 8 atom stereocenters. The summed E-state index contributed by atoms with van der Waals surface area (Å²) < 4.78 is 19.5. The van der Waals surface area contributed by atoms with Gasteiger partial charge in [-0.2, -0.15) is 0 Å². The van der Waals surface area contributed by atoms with Crippen LogP contribution >= 0.6 is 0 Å². The summed E-state index contributed by atoms with van der Waals surface area (Å²) in [6.07, 6.45) is 13.6. The van der Waals surface area contributed by atoms with E-state index in [0.29, 0.717) is 23.7 Å². The standard InChI is InChI=1S/C30H36FNO3.H2/c1-17-13-20(7-10-25(17)21-5-4-6-23(31)14-21)8-11-27-26-12-9-24(32-19(3)33)15-22(26)16-28-29(27)18(2)35-30(28)34;/h4-8,10-11,14,17-18,22,24,26-29H,9,12-13,15-16H2,1-3H3,(H,32,33);1H/b11-8+;/t17?,18-,22-,24+,26-,27-,28+,29-;/m1./s1. The number of carbonyl (C=O) groups is 2. The number of esters is 1. The fourth-order valence-electron chi connectivity index (χ4n) is 7.33. The number of hydrogen-bond acceptors (Lipinski definition) is 3. The fraction of sp³-hybridized carbons (Fsp3) is 0.533. The molecule has 1 amide bonds. The van der Waals surface area contributed by atoms with Crippen LogP contribution in [0.2, 0.25) is 0 Å². The number of cyclic esters (lactones) is 1. The lowest BCUT2D eigenvalue weighted by Crippen LogP contribution is -2.48. The molecular formula is C30H38FNO3. The lowest BCUT2D eigenvalue weighted by molar-refractivity contribution is -0.144. The molecule has 1 aromatic rings. The molecule has 4 aliphatic rings. The van der Waals surface area contributed by atoms with Gasteiger partial charge in [0.15, 0.2) is 0 Å². The maximum atomic E-state index is 13.7. The molecule has 3 aliphatic carbocycles. The summed E-state index contributed by atoms with van der Waals surface area (Å²) in [6.45, 7) is 5.82. The van der Waals surface area contributed by atoms with Crippen molar-refractivity contribution in [3.63, 3.8) is 0 Å². The minimum atomic E-state index is -0.206. The third-order valence-electron chi connectivity index (χ3n) is 8.80. The molecule has 0 spiro atoms. The first-order valence-electron chi connectivity index (χ1n) is 13.1. The number of nitrogens with one attached hydrogen (secondary N) is 1. The molecule has 1 aromatic carbocycles. The number of rotatable bonds is 4. The van der Waals surface area contributed by atoms with Crippen LogP contribution in [0.4, 0.5) is 4.39 Å². The number of ether oxygens (including phenoxy) is 1. The monoisotopic (exact) mass is 479 g/mol. The van der Waals surface area contributed by atoms with Crippen LogP contribution in [0, 0.1) is 41.3 Å². The van der Waals surface area contributed by atoms with Gasteiger partial charge in [0.25, 0.3) is 0 Å². The third-order valence-corrected chi connectivity index (χ3v) is 8.80. The van der Waals surface area contributed by atoms with Crippen LogP contribution in [-0.4, -0.2) is 24.0 Å². The molecule has 1 saturated heterocycles. The molecule has 1 N–H and O–H groups in total. The minimum absolute atomic E-state index is 0. The van der Waals surface area contributed by atoms with Crippen molar-refractivity contribution in [1.82, 2.24) is 5.32 Å².